The Balaban J connectivity index is 1.90. The average molecular weight is 270 g/mol. The summed E-state index contributed by atoms with van der Waals surface area (Å²) in [6.07, 6.45) is 4.39. The van der Waals surface area contributed by atoms with Crippen LogP contribution in [0.15, 0.2) is 0 Å². The van der Waals surface area contributed by atoms with E-state index >= 15 is 0 Å². The highest BCUT2D eigenvalue weighted by molar-refractivity contribution is 5.83. The van der Waals surface area contributed by atoms with Crippen molar-refractivity contribution in [3.05, 3.63) is 0 Å². The Morgan fingerprint density at radius 2 is 2.21 bits per heavy atom. The second-order valence-electron chi connectivity index (χ2n) is 5.36. The summed E-state index contributed by atoms with van der Waals surface area (Å²) < 4.78 is 5.13. The molecule has 0 aromatic rings. The summed E-state index contributed by atoms with van der Waals surface area (Å²) in [7, 11) is 0. The highest BCUT2D eigenvalue weighted by atomic mass is 16.5. The van der Waals surface area contributed by atoms with Crippen LogP contribution in [0.3, 0.4) is 0 Å². The molecule has 0 spiro atoms. The largest absolute Gasteiger partial charge is 0.480 e. The van der Waals surface area contributed by atoms with Gasteiger partial charge in [0.05, 0.1) is 13.2 Å². The van der Waals surface area contributed by atoms with E-state index in [1.807, 2.05) is 6.92 Å². The zero-order valence-electron chi connectivity index (χ0n) is 11.3. The van der Waals surface area contributed by atoms with Crippen molar-refractivity contribution in [2.24, 2.45) is 5.92 Å². The molecule has 0 aromatic carbocycles. The minimum absolute atomic E-state index is 0.0716. The first-order chi connectivity index (χ1) is 9.11. The molecule has 1 saturated heterocycles. The Hall–Kier alpha value is -1.30. The lowest BCUT2D eigenvalue weighted by Crippen LogP contribution is -2.57. The van der Waals surface area contributed by atoms with E-state index in [2.05, 4.69) is 5.32 Å². The second kappa shape index (κ2) is 6.23. The molecule has 2 rings (SSSR count). The van der Waals surface area contributed by atoms with Gasteiger partial charge >= 0.3 is 12.0 Å². The Labute approximate surface area is 113 Å². The molecule has 108 valence electrons. The SMILES string of the molecule is CCC(CC1CC1)NC(=O)N1CCOCC1C(=O)O. The summed E-state index contributed by atoms with van der Waals surface area (Å²) in [4.78, 5) is 24.7. The first kappa shape index (κ1) is 14.1. The summed E-state index contributed by atoms with van der Waals surface area (Å²) in [6.45, 7) is 2.85. The Kier molecular flexibility index (Phi) is 4.63. The third kappa shape index (κ3) is 3.83. The van der Waals surface area contributed by atoms with Gasteiger partial charge in [0.2, 0.25) is 0 Å². The number of nitrogens with zero attached hydrogens (tertiary/aromatic N) is 1. The Morgan fingerprint density at radius 1 is 1.47 bits per heavy atom. The lowest BCUT2D eigenvalue weighted by Gasteiger charge is -2.34. The lowest BCUT2D eigenvalue weighted by atomic mass is 10.1. The van der Waals surface area contributed by atoms with Crippen LogP contribution in [-0.2, 0) is 9.53 Å². The van der Waals surface area contributed by atoms with Gasteiger partial charge in [0.25, 0.3) is 0 Å². The molecule has 2 unspecified atom stereocenters. The van der Waals surface area contributed by atoms with Crippen molar-refractivity contribution in [2.45, 2.75) is 44.7 Å². The summed E-state index contributed by atoms with van der Waals surface area (Å²) in [6, 6.07) is -0.993. The summed E-state index contributed by atoms with van der Waals surface area (Å²) in [5, 5.41) is 12.1. The number of amides is 2. The van der Waals surface area contributed by atoms with Crippen LogP contribution in [0, 0.1) is 5.92 Å². The van der Waals surface area contributed by atoms with Crippen LogP contribution in [-0.4, -0.2) is 53.8 Å². The molecule has 6 heteroatoms. The first-order valence-corrected chi connectivity index (χ1v) is 6.99. The maximum atomic E-state index is 12.2. The molecule has 2 N–H and O–H groups in total. The fourth-order valence-electron chi connectivity index (χ4n) is 2.39. The number of carbonyl (C=O) groups excluding carboxylic acids is 1. The van der Waals surface area contributed by atoms with E-state index < -0.39 is 12.0 Å². The summed E-state index contributed by atoms with van der Waals surface area (Å²) in [5.41, 5.74) is 0. The molecule has 1 heterocycles. The second-order valence-corrected chi connectivity index (χ2v) is 5.36. The number of carbonyl (C=O) groups is 2. The smallest absolute Gasteiger partial charge is 0.328 e. The van der Waals surface area contributed by atoms with Gasteiger partial charge in [-0.05, 0) is 18.8 Å². The molecule has 1 saturated carbocycles. The molecule has 19 heavy (non-hydrogen) atoms. The minimum atomic E-state index is -1.01. The number of hydrogen-bond donors (Lipinski definition) is 2. The quantitative estimate of drug-likeness (QED) is 0.783. The van der Waals surface area contributed by atoms with Crippen LogP contribution < -0.4 is 5.32 Å². The number of morpholine rings is 1. The number of ether oxygens (including phenoxy) is 1. The van der Waals surface area contributed by atoms with Gasteiger partial charge in [0.1, 0.15) is 0 Å². The van der Waals surface area contributed by atoms with Gasteiger partial charge in [0.15, 0.2) is 6.04 Å². The average Bonchev–Trinajstić information content (AvgIpc) is 3.21. The zero-order valence-corrected chi connectivity index (χ0v) is 11.3. The van der Waals surface area contributed by atoms with Gasteiger partial charge in [-0.3, -0.25) is 0 Å². The van der Waals surface area contributed by atoms with Gasteiger partial charge < -0.3 is 20.1 Å². The van der Waals surface area contributed by atoms with E-state index in [-0.39, 0.29) is 18.7 Å². The number of hydrogen-bond acceptors (Lipinski definition) is 3. The molecule has 0 aromatic heterocycles. The van der Waals surface area contributed by atoms with Crippen LogP contribution in [0.5, 0.6) is 0 Å². The third-order valence-electron chi connectivity index (χ3n) is 3.81. The molecule has 2 fully saturated rings. The van der Waals surface area contributed by atoms with E-state index in [0.29, 0.717) is 13.2 Å². The molecule has 2 aliphatic rings. The molecule has 0 radical (unpaired) electrons. The van der Waals surface area contributed by atoms with Crippen LogP contribution >= 0.6 is 0 Å². The molecule has 1 aliphatic carbocycles. The van der Waals surface area contributed by atoms with Crippen molar-refractivity contribution in [3.63, 3.8) is 0 Å². The predicted molar refractivity (Wildman–Crippen MR) is 68.9 cm³/mol. The van der Waals surface area contributed by atoms with E-state index in [1.54, 1.807) is 0 Å². The van der Waals surface area contributed by atoms with Crippen molar-refractivity contribution >= 4 is 12.0 Å². The molecule has 6 nitrogen and oxygen atoms in total. The van der Waals surface area contributed by atoms with Crippen LogP contribution in [0.25, 0.3) is 0 Å². The van der Waals surface area contributed by atoms with Crippen LogP contribution in [0.1, 0.15) is 32.6 Å². The fraction of sp³-hybridized carbons (Fsp3) is 0.846. The van der Waals surface area contributed by atoms with Gasteiger partial charge in [-0.1, -0.05) is 19.8 Å². The molecular formula is C13H22N2O4. The number of carboxylic acid groups (broad SMARTS) is 1. The third-order valence-corrected chi connectivity index (χ3v) is 3.81. The van der Waals surface area contributed by atoms with E-state index in [1.165, 1.54) is 17.7 Å². The van der Waals surface area contributed by atoms with E-state index in [4.69, 9.17) is 9.84 Å². The maximum Gasteiger partial charge on any atom is 0.328 e. The van der Waals surface area contributed by atoms with Crippen LogP contribution in [0.4, 0.5) is 4.79 Å². The molecule has 2 amide bonds. The Morgan fingerprint density at radius 3 is 2.79 bits per heavy atom. The highest BCUT2D eigenvalue weighted by Crippen LogP contribution is 2.34. The van der Waals surface area contributed by atoms with Crippen molar-refractivity contribution in [3.8, 4) is 0 Å². The van der Waals surface area contributed by atoms with Crippen LogP contribution in [0.2, 0.25) is 0 Å². The van der Waals surface area contributed by atoms with Crippen molar-refractivity contribution in [1.29, 1.82) is 0 Å². The van der Waals surface area contributed by atoms with Crippen molar-refractivity contribution < 1.29 is 19.4 Å². The number of nitrogens with one attached hydrogen (secondary N) is 1. The predicted octanol–water partition coefficient (Wildman–Crippen LogP) is 1.06. The molecule has 0 bridgehead atoms. The molecule has 1 aliphatic heterocycles. The number of carboxylic acids is 1. The van der Waals surface area contributed by atoms with Gasteiger partial charge in [-0.15, -0.1) is 0 Å². The Bertz CT molecular complexity index is 344. The normalized spacial score (nSPS) is 24.9. The number of urea groups is 1. The van der Waals surface area contributed by atoms with Crippen molar-refractivity contribution in [1.82, 2.24) is 10.2 Å². The fourth-order valence-corrected chi connectivity index (χ4v) is 2.39. The summed E-state index contributed by atoms with van der Waals surface area (Å²) in [5.74, 6) is -0.268. The minimum Gasteiger partial charge on any atom is -0.480 e. The molecule has 2 atom stereocenters. The summed E-state index contributed by atoms with van der Waals surface area (Å²) >= 11 is 0. The molecular weight excluding hydrogens is 248 g/mol. The van der Waals surface area contributed by atoms with E-state index in [9.17, 15) is 9.59 Å². The maximum absolute atomic E-state index is 12.2. The topological polar surface area (TPSA) is 78.9 Å². The van der Waals surface area contributed by atoms with Crippen molar-refractivity contribution in [2.75, 3.05) is 19.8 Å². The number of aliphatic carboxylic acids is 1. The van der Waals surface area contributed by atoms with E-state index in [0.717, 1.165) is 18.8 Å². The zero-order chi connectivity index (χ0) is 13.8. The first-order valence-electron chi connectivity index (χ1n) is 6.99. The van der Waals surface area contributed by atoms with Gasteiger partial charge in [-0.25, -0.2) is 9.59 Å². The monoisotopic (exact) mass is 270 g/mol. The highest BCUT2D eigenvalue weighted by Gasteiger charge is 2.34. The lowest BCUT2D eigenvalue weighted by molar-refractivity contribution is -0.147. The standard InChI is InChI=1S/C13H22N2O4/c1-2-10(7-9-3-4-9)14-13(18)15-5-6-19-8-11(15)12(16)17/h9-11H,2-8H2,1H3,(H,14,18)(H,16,17). The van der Waals surface area contributed by atoms with Gasteiger partial charge in [-0.2, -0.15) is 0 Å². The van der Waals surface area contributed by atoms with Gasteiger partial charge in [0, 0.05) is 12.6 Å². The number of rotatable bonds is 5.